The summed E-state index contributed by atoms with van der Waals surface area (Å²) in [6, 6.07) is 6.87. The second kappa shape index (κ2) is 4.04. The van der Waals surface area contributed by atoms with Crippen molar-refractivity contribution in [1.82, 2.24) is 10.2 Å². The molecule has 0 amide bonds. The lowest BCUT2D eigenvalue weighted by atomic mass is 10.1. The first kappa shape index (κ1) is 10.2. The highest BCUT2D eigenvalue weighted by Crippen LogP contribution is 2.24. The lowest BCUT2D eigenvalue weighted by Gasteiger charge is -2.01. The monoisotopic (exact) mass is 240 g/mol. The molecule has 0 fully saturated rings. The van der Waals surface area contributed by atoms with Crippen LogP contribution in [0.3, 0.4) is 0 Å². The quantitative estimate of drug-likeness (QED) is 0.834. The van der Waals surface area contributed by atoms with Gasteiger partial charge >= 0.3 is 0 Å². The summed E-state index contributed by atoms with van der Waals surface area (Å²) in [6.45, 7) is 0. The van der Waals surface area contributed by atoms with Gasteiger partial charge in [-0.1, -0.05) is 35.3 Å². The van der Waals surface area contributed by atoms with E-state index in [4.69, 9.17) is 23.2 Å². The molecule has 2 aromatic rings. The van der Waals surface area contributed by atoms with Crippen LogP contribution in [0.2, 0.25) is 10.0 Å². The van der Waals surface area contributed by atoms with Gasteiger partial charge in [0.25, 0.3) is 5.56 Å². The standard InChI is InChI=1S/C10H6Cl2N2O/c11-7-3-1-6(2-4-7)9-8(12)5-13-14-10(9)15/h1-5H,(H,14,15). The maximum Gasteiger partial charge on any atom is 0.273 e. The third-order valence-corrected chi connectivity index (χ3v) is 2.48. The molecular weight excluding hydrogens is 235 g/mol. The number of hydrogen-bond acceptors (Lipinski definition) is 2. The fourth-order valence-corrected chi connectivity index (χ4v) is 1.63. The Morgan fingerprint density at radius 3 is 2.40 bits per heavy atom. The van der Waals surface area contributed by atoms with Gasteiger partial charge in [-0.2, -0.15) is 5.10 Å². The fraction of sp³-hybridized carbons (Fsp3) is 0. The van der Waals surface area contributed by atoms with Gasteiger partial charge in [-0.05, 0) is 17.7 Å². The van der Waals surface area contributed by atoms with Crippen LogP contribution in [-0.2, 0) is 0 Å². The second-order valence-corrected chi connectivity index (χ2v) is 3.77. The van der Waals surface area contributed by atoms with E-state index in [1.54, 1.807) is 24.3 Å². The Hall–Kier alpha value is -1.32. The van der Waals surface area contributed by atoms with Gasteiger partial charge in [-0.25, -0.2) is 5.10 Å². The molecule has 1 heterocycles. The summed E-state index contributed by atoms with van der Waals surface area (Å²) < 4.78 is 0. The summed E-state index contributed by atoms with van der Waals surface area (Å²) in [5.41, 5.74) is 0.807. The highest BCUT2D eigenvalue weighted by Gasteiger charge is 2.07. The zero-order valence-electron chi connectivity index (χ0n) is 7.50. The van der Waals surface area contributed by atoms with Crippen molar-refractivity contribution in [1.29, 1.82) is 0 Å². The summed E-state index contributed by atoms with van der Waals surface area (Å²) >= 11 is 11.6. The molecule has 0 saturated heterocycles. The van der Waals surface area contributed by atoms with Gasteiger partial charge < -0.3 is 0 Å². The molecule has 0 aliphatic heterocycles. The molecule has 0 atom stereocenters. The van der Waals surface area contributed by atoms with E-state index in [0.29, 0.717) is 21.2 Å². The summed E-state index contributed by atoms with van der Waals surface area (Å²) in [7, 11) is 0. The predicted molar refractivity (Wildman–Crippen MR) is 60.3 cm³/mol. The zero-order valence-corrected chi connectivity index (χ0v) is 9.01. The van der Waals surface area contributed by atoms with Crippen LogP contribution < -0.4 is 5.56 Å². The van der Waals surface area contributed by atoms with Gasteiger partial charge in [0.05, 0.1) is 16.8 Å². The molecule has 2 rings (SSSR count). The third kappa shape index (κ3) is 2.03. The average Bonchev–Trinajstić information content (AvgIpc) is 2.20. The molecule has 1 aromatic carbocycles. The number of nitrogens with zero attached hydrogens (tertiary/aromatic N) is 1. The highest BCUT2D eigenvalue weighted by atomic mass is 35.5. The molecule has 0 aliphatic rings. The van der Waals surface area contributed by atoms with Crippen LogP contribution in [0.4, 0.5) is 0 Å². The van der Waals surface area contributed by atoms with Crippen LogP contribution in [0, 0.1) is 0 Å². The van der Waals surface area contributed by atoms with Crippen LogP contribution in [0.15, 0.2) is 35.3 Å². The van der Waals surface area contributed by atoms with Gasteiger partial charge in [-0.15, -0.1) is 0 Å². The number of H-pyrrole nitrogens is 1. The maximum atomic E-state index is 11.5. The van der Waals surface area contributed by atoms with Crippen molar-refractivity contribution >= 4 is 23.2 Å². The van der Waals surface area contributed by atoms with E-state index < -0.39 is 0 Å². The molecular formula is C10H6Cl2N2O. The van der Waals surface area contributed by atoms with Crippen LogP contribution in [-0.4, -0.2) is 10.2 Å². The Balaban J connectivity index is 2.64. The van der Waals surface area contributed by atoms with Crippen molar-refractivity contribution in [3.8, 4) is 11.1 Å². The van der Waals surface area contributed by atoms with Crippen LogP contribution in [0.5, 0.6) is 0 Å². The van der Waals surface area contributed by atoms with Gasteiger partial charge in [0, 0.05) is 5.02 Å². The van der Waals surface area contributed by atoms with Gasteiger partial charge in [0.15, 0.2) is 0 Å². The summed E-state index contributed by atoms with van der Waals surface area (Å²) in [5, 5.41) is 6.85. The molecule has 5 heteroatoms. The lowest BCUT2D eigenvalue weighted by Crippen LogP contribution is -2.10. The largest absolute Gasteiger partial charge is 0.273 e. The summed E-state index contributed by atoms with van der Waals surface area (Å²) in [6.07, 6.45) is 1.40. The fourth-order valence-electron chi connectivity index (χ4n) is 1.26. The Morgan fingerprint density at radius 1 is 1.13 bits per heavy atom. The summed E-state index contributed by atoms with van der Waals surface area (Å²) in [4.78, 5) is 11.5. The van der Waals surface area contributed by atoms with Crippen molar-refractivity contribution in [2.75, 3.05) is 0 Å². The van der Waals surface area contributed by atoms with Crippen molar-refractivity contribution in [3.63, 3.8) is 0 Å². The predicted octanol–water partition coefficient (Wildman–Crippen LogP) is 2.74. The van der Waals surface area contributed by atoms with E-state index in [0.717, 1.165) is 0 Å². The van der Waals surface area contributed by atoms with E-state index in [1.165, 1.54) is 6.20 Å². The van der Waals surface area contributed by atoms with Gasteiger partial charge in [-0.3, -0.25) is 4.79 Å². The van der Waals surface area contributed by atoms with Crippen LogP contribution >= 0.6 is 23.2 Å². The minimum absolute atomic E-state index is 0.315. The van der Waals surface area contributed by atoms with Crippen LogP contribution in [0.25, 0.3) is 11.1 Å². The van der Waals surface area contributed by atoms with Crippen molar-refractivity contribution in [2.45, 2.75) is 0 Å². The number of hydrogen-bond donors (Lipinski definition) is 1. The molecule has 3 nitrogen and oxygen atoms in total. The van der Waals surface area contributed by atoms with Gasteiger partial charge in [0.2, 0.25) is 0 Å². The van der Waals surface area contributed by atoms with Crippen molar-refractivity contribution < 1.29 is 0 Å². The minimum Gasteiger partial charge on any atom is -0.267 e. The molecule has 0 saturated carbocycles. The Labute approximate surface area is 95.7 Å². The SMILES string of the molecule is O=c1[nH]ncc(Cl)c1-c1ccc(Cl)cc1. The molecule has 0 radical (unpaired) electrons. The maximum absolute atomic E-state index is 11.5. The molecule has 0 bridgehead atoms. The van der Waals surface area contributed by atoms with E-state index in [9.17, 15) is 4.79 Å². The Morgan fingerprint density at radius 2 is 1.80 bits per heavy atom. The zero-order chi connectivity index (χ0) is 10.8. The highest BCUT2D eigenvalue weighted by molar-refractivity contribution is 6.33. The summed E-state index contributed by atoms with van der Waals surface area (Å²) in [5.74, 6) is 0. The Bertz CT molecular complexity index is 534. The van der Waals surface area contributed by atoms with Gasteiger partial charge in [0.1, 0.15) is 0 Å². The van der Waals surface area contributed by atoms with E-state index in [1.807, 2.05) is 0 Å². The number of aromatic amines is 1. The van der Waals surface area contributed by atoms with E-state index >= 15 is 0 Å². The van der Waals surface area contributed by atoms with Crippen molar-refractivity contribution in [2.24, 2.45) is 0 Å². The lowest BCUT2D eigenvalue weighted by molar-refractivity contribution is 0.992. The topological polar surface area (TPSA) is 45.8 Å². The molecule has 15 heavy (non-hydrogen) atoms. The number of nitrogens with one attached hydrogen (secondary N) is 1. The Kier molecular flexibility index (Phi) is 2.75. The van der Waals surface area contributed by atoms with Crippen LogP contribution in [0.1, 0.15) is 0 Å². The average molecular weight is 241 g/mol. The number of rotatable bonds is 1. The molecule has 1 aromatic heterocycles. The molecule has 0 aliphatic carbocycles. The second-order valence-electron chi connectivity index (χ2n) is 2.93. The number of aromatic nitrogens is 2. The smallest absolute Gasteiger partial charge is 0.267 e. The third-order valence-electron chi connectivity index (χ3n) is 1.94. The first-order valence-corrected chi connectivity index (χ1v) is 4.93. The molecule has 0 unspecified atom stereocenters. The molecule has 1 N–H and O–H groups in total. The molecule has 76 valence electrons. The van der Waals surface area contributed by atoms with E-state index in [-0.39, 0.29) is 5.56 Å². The van der Waals surface area contributed by atoms with Crippen molar-refractivity contribution in [3.05, 3.63) is 50.9 Å². The first-order chi connectivity index (χ1) is 7.18. The molecule has 0 spiro atoms. The van der Waals surface area contributed by atoms with E-state index in [2.05, 4.69) is 10.2 Å². The normalized spacial score (nSPS) is 10.3. The number of benzene rings is 1. The minimum atomic E-state index is -0.315. The first-order valence-electron chi connectivity index (χ1n) is 4.17. The number of halogens is 2.